The Bertz CT molecular complexity index is 1950. The van der Waals surface area contributed by atoms with Crippen LogP contribution in [0.5, 0.6) is 0 Å². The van der Waals surface area contributed by atoms with E-state index in [1.165, 1.54) is 22.6 Å². The number of rotatable bonds is 8. The number of urea groups is 1. The zero-order chi connectivity index (χ0) is 39.4. The number of likely N-dealkylation sites (tertiary alicyclic amines) is 1. The standard InChI is InChI=1S/C25H31N3O3.C12H18F3NO5S/c1-18-16-21(20-11-12-22-23(17-20)31-25(30)27(22)2)13-15-28(18)24(29)26-14-7-6-10-19-8-4-3-5-9-19;1-10(2,3)11(4)7-8(5-6-16(11)9(17)18)21-22(19,20)12(13,14)15/h3-5,8-9,11-12,17-18,21H,6-7,10,13-16H2,1-2H3,(H,26,29);5H,6-7H2,1-4H3,(H,17,18). The van der Waals surface area contributed by atoms with Gasteiger partial charge < -0.3 is 23.9 Å². The van der Waals surface area contributed by atoms with Gasteiger partial charge in [-0.3, -0.25) is 9.47 Å². The van der Waals surface area contributed by atoms with Crippen molar-refractivity contribution in [2.75, 3.05) is 19.6 Å². The summed E-state index contributed by atoms with van der Waals surface area (Å²) in [5.74, 6) is -0.386. The summed E-state index contributed by atoms with van der Waals surface area (Å²) in [6.07, 6.45) is 4.42. The van der Waals surface area contributed by atoms with E-state index in [0.717, 1.165) is 55.1 Å². The van der Waals surface area contributed by atoms with Crippen molar-refractivity contribution in [2.24, 2.45) is 12.5 Å². The average molecular weight is 767 g/mol. The zero-order valence-corrected chi connectivity index (χ0v) is 31.7. The Kier molecular flexibility index (Phi) is 12.7. The molecular weight excluding hydrogens is 717 g/mol. The predicted octanol–water partition coefficient (Wildman–Crippen LogP) is 7.36. The second-order valence-electron chi connectivity index (χ2n) is 14.8. The molecule has 0 saturated carbocycles. The number of carbonyl (C=O) groups is 2. The number of fused-ring (bicyclic) bond motifs is 1. The van der Waals surface area contributed by atoms with Crippen LogP contribution in [0.15, 0.2) is 69.6 Å². The molecule has 16 heteroatoms. The van der Waals surface area contributed by atoms with Crippen molar-refractivity contribution in [3.05, 3.63) is 82.0 Å². The summed E-state index contributed by atoms with van der Waals surface area (Å²) in [6, 6.07) is 16.7. The van der Waals surface area contributed by atoms with Crippen molar-refractivity contribution >= 4 is 33.3 Å². The lowest BCUT2D eigenvalue weighted by atomic mass is 9.70. The van der Waals surface area contributed by atoms with E-state index in [9.17, 15) is 41.1 Å². The maximum Gasteiger partial charge on any atom is 0.534 e. The number of hydrogen-bond acceptors (Lipinski definition) is 7. The van der Waals surface area contributed by atoms with Gasteiger partial charge >= 0.3 is 33.5 Å². The molecule has 3 aromatic rings. The topological polar surface area (TPSA) is 151 Å². The van der Waals surface area contributed by atoms with Gasteiger partial charge in [0, 0.05) is 39.1 Å². The predicted molar refractivity (Wildman–Crippen MR) is 194 cm³/mol. The number of nitrogens with zero attached hydrogens (tertiary/aromatic N) is 3. The van der Waals surface area contributed by atoms with Gasteiger partial charge in [0.1, 0.15) is 5.76 Å². The number of halogens is 3. The lowest BCUT2D eigenvalue weighted by Gasteiger charge is -2.50. The molecular formula is C37H49F3N4O8S. The van der Waals surface area contributed by atoms with Gasteiger partial charge in [0.05, 0.1) is 11.1 Å². The third-order valence-electron chi connectivity index (χ3n) is 10.4. The van der Waals surface area contributed by atoms with Gasteiger partial charge in [-0.05, 0) is 86.6 Å². The van der Waals surface area contributed by atoms with E-state index in [2.05, 4.69) is 46.8 Å². The highest BCUT2D eigenvalue weighted by molar-refractivity contribution is 7.87. The van der Waals surface area contributed by atoms with Gasteiger partial charge in [0.25, 0.3) is 0 Å². The number of aryl methyl sites for hydroxylation is 2. The summed E-state index contributed by atoms with van der Waals surface area (Å²) in [5.41, 5.74) is -3.35. The summed E-state index contributed by atoms with van der Waals surface area (Å²) < 4.78 is 70.3. The highest BCUT2D eigenvalue weighted by atomic mass is 32.2. The molecule has 1 fully saturated rings. The zero-order valence-electron chi connectivity index (χ0n) is 30.9. The lowest BCUT2D eigenvalue weighted by molar-refractivity contribution is -0.0539. The molecule has 2 aromatic carbocycles. The minimum absolute atomic E-state index is 0.0372. The monoisotopic (exact) mass is 766 g/mol. The molecule has 53 heavy (non-hydrogen) atoms. The number of carbonyl (C=O) groups excluding carboxylic acids is 1. The number of hydrogen-bond donors (Lipinski definition) is 2. The summed E-state index contributed by atoms with van der Waals surface area (Å²) in [6.45, 7) is 9.98. The first kappa shape index (κ1) is 41.3. The molecule has 2 N–H and O–H groups in total. The number of benzene rings is 2. The molecule has 12 nitrogen and oxygen atoms in total. The number of unbranched alkanes of at least 4 members (excludes halogenated alkanes) is 1. The molecule has 3 heterocycles. The Hall–Kier alpha value is -4.47. The number of oxazole rings is 1. The van der Waals surface area contributed by atoms with Gasteiger partial charge in [-0.1, -0.05) is 57.2 Å². The number of alkyl halides is 3. The van der Waals surface area contributed by atoms with Gasteiger partial charge in [-0.2, -0.15) is 21.6 Å². The fraction of sp³-hybridized carbons (Fsp3) is 0.541. The third kappa shape index (κ3) is 9.75. The number of carboxylic acid groups (broad SMARTS) is 1. The smallest absolute Gasteiger partial charge is 0.465 e. The molecule has 3 amide bonds. The average Bonchev–Trinajstić information content (AvgIpc) is 3.35. The van der Waals surface area contributed by atoms with Crippen LogP contribution >= 0.6 is 0 Å². The first-order chi connectivity index (χ1) is 24.6. The summed E-state index contributed by atoms with van der Waals surface area (Å²) in [7, 11) is -4.05. The Morgan fingerprint density at radius 3 is 2.38 bits per heavy atom. The SMILES string of the molecule is CC(C)(C)C1(C)CC(OS(=O)(=O)C(F)(F)F)=CCN1C(=O)O.CC1CC(c2ccc3c(c2)oc(=O)n3C)CCN1C(=O)NCCCCc1ccccc1. The minimum Gasteiger partial charge on any atom is -0.465 e. The molecule has 0 radical (unpaired) electrons. The lowest BCUT2D eigenvalue weighted by Crippen LogP contribution is -2.59. The van der Waals surface area contributed by atoms with Crippen molar-refractivity contribution in [3.63, 3.8) is 0 Å². The number of nitrogens with one attached hydrogen (secondary N) is 1. The summed E-state index contributed by atoms with van der Waals surface area (Å²) in [4.78, 5) is 38.7. The number of amides is 3. The fourth-order valence-electron chi connectivity index (χ4n) is 6.69. The van der Waals surface area contributed by atoms with Crippen LogP contribution in [0.4, 0.5) is 22.8 Å². The van der Waals surface area contributed by atoms with Gasteiger partial charge in [-0.15, -0.1) is 0 Å². The van der Waals surface area contributed by atoms with Crippen LogP contribution in [-0.4, -0.2) is 76.7 Å². The van der Waals surface area contributed by atoms with Crippen LogP contribution in [0.3, 0.4) is 0 Å². The summed E-state index contributed by atoms with van der Waals surface area (Å²) in [5, 5.41) is 12.3. The maximum absolute atomic E-state index is 12.7. The maximum atomic E-state index is 12.7. The molecule has 0 aliphatic carbocycles. The molecule has 1 saturated heterocycles. The van der Waals surface area contributed by atoms with E-state index in [-0.39, 0.29) is 30.8 Å². The molecule has 3 unspecified atom stereocenters. The minimum atomic E-state index is -5.77. The highest BCUT2D eigenvalue weighted by Gasteiger charge is 2.52. The largest absolute Gasteiger partial charge is 0.534 e. The third-order valence-corrected chi connectivity index (χ3v) is 11.4. The van der Waals surface area contributed by atoms with Crippen LogP contribution in [0.25, 0.3) is 11.1 Å². The first-order valence-corrected chi connectivity index (χ1v) is 18.9. The molecule has 2 aliphatic heterocycles. The second-order valence-corrected chi connectivity index (χ2v) is 16.4. The number of aromatic nitrogens is 1. The quantitative estimate of drug-likeness (QED) is 0.137. The van der Waals surface area contributed by atoms with Crippen molar-refractivity contribution in [1.29, 1.82) is 0 Å². The van der Waals surface area contributed by atoms with Gasteiger partial charge in [0.15, 0.2) is 5.58 Å². The Morgan fingerprint density at radius 1 is 1.09 bits per heavy atom. The van der Waals surface area contributed by atoms with E-state index >= 15 is 0 Å². The number of piperidine rings is 1. The van der Waals surface area contributed by atoms with Crippen LogP contribution < -0.4 is 11.1 Å². The van der Waals surface area contributed by atoms with Crippen molar-refractivity contribution in [2.45, 2.75) is 96.2 Å². The van der Waals surface area contributed by atoms with Crippen molar-refractivity contribution in [3.8, 4) is 0 Å². The van der Waals surface area contributed by atoms with E-state index in [1.54, 1.807) is 27.8 Å². The normalized spacial score (nSPS) is 21.0. The Balaban J connectivity index is 0.000000253. The van der Waals surface area contributed by atoms with Crippen LogP contribution in [0, 0.1) is 5.41 Å². The highest BCUT2D eigenvalue weighted by Crippen LogP contribution is 2.44. The molecule has 0 bridgehead atoms. The second kappa shape index (κ2) is 16.3. The molecule has 5 rings (SSSR count). The van der Waals surface area contributed by atoms with Crippen LogP contribution in [0.2, 0.25) is 0 Å². The Morgan fingerprint density at radius 2 is 1.77 bits per heavy atom. The fourth-order valence-corrected chi connectivity index (χ4v) is 7.19. The molecule has 1 aromatic heterocycles. The van der Waals surface area contributed by atoms with Crippen LogP contribution in [0.1, 0.15) is 83.8 Å². The van der Waals surface area contributed by atoms with E-state index in [4.69, 9.17) is 4.42 Å². The molecule has 0 spiro atoms. The molecule has 292 valence electrons. The van der Waals surface area contributed by atoms with Crippen molar-refractivity contribution < 1.29 is 44.9 Å². The van der Waals surface area contributed by atoms with Gasteiger partial charge in [0.2, 0.25) is 0 Å². The summed E-state index contributed by atoms with van der Waals surface area (Å²) >= 11 is 0. The van der Waals surface area contributed by atoms with Gasteiger partial charge in [-0.25, -0.2) is 14.4 Å². The molecule has 3 atom stereocenters. The van der Waals surface area contributed by atoms with E-state index in [0.29, 0.717) is 18.0 Å². The first-order valence-electron chi connectivity index (χ1n) is 17.5. The van der Waals surface area contributed by atoms with Crippen LogP contribution in [-0.2, 0) is 27.8 Å². The molecule has 2 aliphatic rings. The van der Waals surface area contributed by atoms with E-state index < -0.39 is 38.4 Å². The Labute approximate surface area is 307 Å². The van der Waals surface area contributed by atoms with E-state index in [1.807, 2.05) is 23.1 Å². The van der Waals surface area contributed by atoms with Crippen molar-refractivity contribution in [1.82, 2.24) is 19.7 Å².